The van der Waals surface area contributed by atoms with E-state index < -0.39 is 0 Å². The van der Waals surface area contributed by atoms with Crippen molar-refractivity contribution in [2.45, 2.75) is 104 Å². The van der Waals surface area contributed by atoms with E-state index in [0.29, 0.717) is 18.8 Å². The first kappa shape index (κ1) is 26.4. The Labute approximate surface area is 185 Å². The molecule has 4 nitrogen and oxygen atoms in total. The highest BCUT2D eigenvalue weighted by Crippen LogP contribution is 2.24. The van der Waals surface area contributed by atoms with Gasteiger partial charge in [0.2, 0.25) is 5.91 Å². The number of hydrogen-bond acceptors (Lipinski definition) is 3. The van der Waals surface area contributed by atoms with Gasteiger partial charge in [0.15, 0.2) is 0 Å². The van der Waals surface area contributed by atoms with Crippen LogP contribution in [0.3, 0.4) is 0 Å². The van der Waals surface area contributed by atoms with Crippen LogP contribution in [0.4, 0.5) is 5.69 Å². The zero-order chi connectivity index (χ0) is 22.4. The number of carbonyl (C=O) groups excluding carboxylic acids is 1. The molecule has 0 aliphatic rings. The number of carbonyl (C=O) groups is 1. The number of aliphatic imine (C=N–C) groups is 1. The zero-order valence-electron chi connectivity index (χ0n) is 20.3. The maximum atomic E-state index is 12.5. The molecule has 1 rings (SSSR count). The second-order valence-electron chi connectivity index (χ2n) is 8.93. The van der Waals surface area contributed by atoms with Gasteiger partial charge in [0.05, 0.1) is 5.69 Å². The Morgan fingerprint density at radius 3 is 2.40 bits per heavy atom. The van der Waals surface area contributed by atoms with Crippen LogP contribution in [0.2, 0.25) is 0 Å². The van der Waals surface area contributed by atoms with E-state index in [1.807, 2.05) is 14.0 Å². The Bertz CT molecular complexity index is 652. The van der Waals surface area contributed by atoms with Crippen LogP contribution in [0.25, 0.3) is 0 Å². The molecule has 0 spiro atoms. The van der Waals surface area contributed by atoms with Crippen LogP contribution in [0.15, 0.2) is 23.2 Å². The molecule has 0 aliphatic heterocycles. The lowest BCUT2D eigenvalue weighted by atomic mass is 10.0. The van der Waals surface area contributed by atoms with E-state index in [1.54, 1.807) is 0 Å². The first-order valence-electron chi connectivity index (χ1n) is 12.0. The molecule has 1 atom stereocenters. The number of amides is 1. The largest absolute Gasteiger partial charge is 0.352 e. The molecule has 0 radical (unpaired) electrons. The van der Waals surface area contributed by atoms with Gasteiger partial charge in [-0.15, -0.1) is 0 Å². The number of nitrogens with one attached hydrogen (secondary N) is 2. The van der Waals surface area contributed by atoms with Crippen molar-refractivity contribution < 1.29 is 4.79 Å². The normalized spacial score (nSPS) is 13.0. The molecule has 2 N–H and O–H groups in total. The third-order valence-corrected chi connectivity index (χ3v) is 5.63. The Morgan fingerprint density at radius 2 is 1.77 bits per heavy atom. The quantitative estimate of drug-likeness (QED) is 0.256. The highest BCUT2D eigenvalue weighted by atomic mass is 16.1. The van der Waals surface area contributed by atoms with Gasteiger partial charge >= 0.3 is 0 Å². The second-order valence-corrected chi connectivity index (χ2v) is 8.93. The SMILES string of the molecule is CCCCCCCCC(CNC)NC(=O)CCC(C)=Nc1ccc(C(C)C)cc1C. The topological polar surface area (TPSA) is 53.5 Å². The molecule has 0 bridgehead atoms. The summed E-state index contributed by atoms with van der Waals surface area (Å²) in [6, 6.07) is 6.68. The molecule has 1 amide bonds. The van der Waals surface area contributed by atoms with Gasteiger partial charge < -0.3 is 10.6 Å². The van der Waals surface area contributed by atoms with Crippen molar-refractivity contribution in [3.8, 4) is 0 Å². The molecule has 170 valence electrons. The zero-order valence-corrected chi connectivity index (χ0v) is 20.3. The minimum Gasteiger partial charge on any atom is -0.352 e. The highest BCUT2D eigenvalue weighted by Gasteiger charge is 2.12. The summed E-state index contributed by atoms with van der Waals surface area (Å²) in [5.74, 6) is 0.649. The number of hydrogen-bond donors (Lipinski definition) is 2. The van der Waals surface area contributed by atoms with E-state index in [2.05, 4.69) is 56.5 Å². The Balaban J connectivity index is 2.45. The van der Waals surface area contributed by atoms with Crippen molar-refractivity contribution in [2.75, 3.05) is 13.6 Å². The van der Waals surface area contributed by atoms with Crippen molar-refractivity contribution in [3.63, 3.8) is 0 Å². The van der Waals surface area contributed by atoms with Crippen LogP contribution >= 0.6 is 0 Å². The van der Waals surface area contributed by atoms with Gasteiger partial charge in [-0.2, -0.15) is 0 Å². The van der Waals surface area contributed by atoms with Crippen LogP contribution < -0.4 is 10.6 Å². The summed E-state index contributed by atoms with van der Waals surface area (Å²) in [5, 5.41) is 6.43. The molecule has 0 heterocycles. The van der Waals surface area contributed by atoms with Crippen LogP contribution in [0.5, 0.6) is 0 Å². The fourth-order valence-corrected chi connectivity index (χ4v) is 3.66. The second kappa shape index (κ2) is 15.2. The fourth-order valence-electron chi connectivity index (χ4n) is 3.66. The van der Waals surface area contributed by atoms with Crippen LogP contribution in [0, 0.1) is 6.92 Å². The number of benzene rings is 1. The molecule has 4 heteroatoms. The van der Waals surface area contributed by atoms with Gasteiger partial charge in [0.25, 0.3) is 0 Å². The molecule has 0 saturated carbocycles. The number of nitrogens with zero attached hydrogens (tertiary/aromatic N) is 1. The van der Waals surface area contributed by atoms with Gasteiger partial charge in [-0.3, -0.25) is 9.79 Å². The van der Waals surface area contributed by atoms with Gasteiger partial charge in [0.1, 0.15) is 0 Å². The smallest absolute Gasteiger partial charge is 0.220 e. The first-order chi connectivity index (χ1) is 14.4. The fraction of sp³-hybridized carbons (Fsp3) is 0.692. The number of aryl methyl sites for hydroxylation is 1. The van der Waals surface area contributed by atoms with E-state index >= 15 is 0 Å². The molecule has 0 aromatic heterocycles. The highest BCUT2D eigenvalue weighted by molar-refractivity contribution is 5.89. The van der Waals surface area contributed by atoms with Crippen molar-refractivity contribution >= 4 is 17.3 Å². The van der Waals surface area contributed by atoms with Crippen LogP contribution in [-0.2, 0) is 4.79 Å². The average Bonchev–Trinajstić information content (AvgIpc) is 2.70. The molecule has 0 aliphatic carbocycles. The van der Waals surface area contributed by atoms with Gasteiger partial charge in [-0.1, -0.05) is 71.4 Å². The Kier molecular flexibility index (Phi) is 13.3. The summed E-state index contributed by atoms with van der Waals surface area (Å²) >= 11 is 0. The Hall–Kier alpha value is -1.68. The van der Waals surface area contributed by atoms with Crippen LogP contribution in [0.1, 0.15) is 103 Å². The summed E-state index contributed by atoms with van der Waals surface area (Å²) in [6.07, 6.45) is 9.93. The van der Waals surface area contributed by atoms with Crippen molar-refractivity contribution in [3.05, 3.63) is 29.3 Å². The molecule has 1 unspecified atom stereocenters. The number of likely N-dealkylation sites (N-methyl/N-ethyl adjacent to an activating group) is 1. The number of rotatable bonds is 15. The lowest BCUT2D eigenvalue weighted by Gasteiger charge is -2.18. The third-order valence-electron chi connectivity index (χ3n) is 5.63. The molecule has 1 aromatic carbocycles. The van der Waals surface area contributed by atoms with Gasteiger partial charge in [-0.25, -0.2) is 0 Å². The molecular formula is C26H45N3O. The molecule has 0 saturated heterocycles. The van der Waals surface area contributed by atoms with Crippen LogP contribution in [-0.4, -0.2) is 31.3 Å². The van der Waals surface area contributed by atoms with Crippen molar-refractivity contribution in [2.24, 2.45) is 4.99 Å². The van der Waals surface area contributed by atoms with E-state index in [0.717, 1.165) is 24.4 Å². The van der Waals surface area contributed by atoms with Gasteiger partial charge in [-0.05, 0) is 56.8 Å². The maximum absolute atomic E-state index is 12.5. The molecule has 30 heavy (non-hydrogen) atoms. The van der Waals surface area contributed by atoms with E-state index in [9.17, 15) is 4.79 Å². The predicted octanol–water partition coefficient (Wildman–Crippen LogP) is 6.45. The number of unbranched alkanes of at least 4 members (excludes halogenated alkanes) is 5. The predicted molar refractivity (Wildman–Crippen MR) is 131 cm³/mol. The first-order valence-corrected chi connectivity index (χ1v) is 12.0. The molecule has 1 aromatic rings. The maximum Gasteiger partial charge on any atom is 0.220 e. The van der Waals surface area contributed by atoms with Gasteiger partial charge in [0, 0.05) is 24.7 Å². The molecule has 0 fully saturated rings. The summed E-state index contributed by atoms with van der Waals surface area (Å²) in [4.78, 5) is 17.2. The van der Waals surface area contributed by atoms with E-state index in [1.165, 1.54) is 49.7 Å². The Morgan fingerprint density at radius 1 is 1.07 bits per heavy atom. The van der Waals surface area contributed by atoms with E-state index in [4.69, 9.17) is 4.99 Å². The minimum absolute atomic E-state index is 0.127. The summed E-state index contributed by atoms with van der Waals surface area (Å²) in [6.45, 7) is 11.6. The summed E-state index contributed by atoms with van der Waals surface area (Å²) < 4.78 is 0. The summed E-state index contributed by atoms with van der Waals surface area (Å²) in [7, 11) is 1.95. The monoisotopic (exact) mass is 415 g/mol. The lowest BCUT2D eigenvalue weighted by molar-refractivity contribution is -0.121. The average molecular weight is 416 g/mol. The standard InChI is InChI=1S/C26H45N3O/c1-7-8-9-10-11-12-13-24(19-27-6)29-26(30)17-14-22(5)28-25-16-15-23(20(2)3)18-21(25)4/h15-16,18,20,24,27H,7-14,17,19H2,1-6H3,(H,29,30). The minimum atomic E-state index is 0.127. The van der Waals surface area contributed by atoms with E-state index in [-0.39, 0.29) is 11.9 Å². The third kappa shape index (κ3) is 10.9. The molecular weight excluding hydrogens is 370 g/mol. The summed E-state index contributed by atoms with van der Waals surface area (Å²) in [5.41, 5.74) is 4.54. The van der Waals surface area contributed by atoms with Crippen molar-refractivity contribution in [1.82, 2.24) is 10.6 Å². The van der Waals surface area contributed by atoms with Crippen molar-refractivity contribution in [1.29, 1.82) is 0 Å². The lowest BCUT2D eigenvalue weighted by Crippen LogP contribution is -2.41.